The van der Waals surface area contributed by atoms with E-state index in [1.54, 1.807) is 24.2 Å². The Morgan fingerprint density at radius 3 is 2.59 bits per heavy atom. The van der Waals surface area contributed by atoms with E-state index in [-0.39, 0.29) is 17.6 Å². The van der Waals surface area contributed by atoms with Crippen molar-refractivity contribution in [3.8, 4) is 0 Å². The van der Waals surface area contributed by atoms with Gasteiger partial charge in [0.15, 0.2) is 5.82 Å². The monoisotopic (exact) mass is 372 g/mol. The predicted octanol–water partition coefficient (Wildman–Crippen LogP) is 2.94. The molecule has 27 heavy (non-hydrogen) atoms. The Kier molecular flexibility index (Phi) is 5.02. The molecule has 1 spiro atoms. The van der Waals surface area contributed by atoms with Crippen LogP contribution in [0.4, 0.5) is 10.6 Å². The van der Waals surface area contributed by atoms with Gasteiger partial charge in [-0.1, -0.05) is 6.42 Å². The Bertz CT molecular complexity index is 709. The average Bonchev–Trinajstić information content (AvgIpc) is 2.98. The number of ether oxygens (including phenoxy) is 1. The number of hydrogen-bond acceptors (Lipinski definition) is 5. The number of rotatable bonds is 3. The van der Waals surface area contributed by atoms with Gasteiger partial charge in [-0.3, -0.25) is 14.7 Å². The zero-order valence-corrected chi connectivity index (χ0v) is 16.0. The summed E-state index contributed by atoms with van der Waals surface area (Å²) in [6, 6.07) is 0. The molecule has 0 aromatic carbocycles. The number of anilines is 1. The molecule has 2 amide bonds. The lowest BCUT2D eigenvalue weighted by atomic mass is 9.85. The van der Waals surface area contributed by atoms with Crippen LogP contribution in [0.25, 0.3) is 0 Å². The summed E-state index contributed by atoms with van der Waals surface area (Å²) >= 11 is 0. The summed E-state index contributed by atoms with van der Waals surface area (Å²) in [5, 5.41) is 0. The fraction of sp³-hybridized carbons (Fsp3) is 0.700. The summed E-state index contributed by atoms with van der Waals surface area (Å²) in [6.07, 6.45) is 11.1. The van der Waals surface area contributed by atoms with E-state index < -0.39 is 0 Å². The highest BCUT2D eigenvalue weighted by Gasteiger charge is 2.47. The SMILES string of the molecule is CC(=O)N1CCC(Cc2nccnc2N2CC3(CCCCC3)OC2=O)CC1. The summed E-state index contributed by atoms with van der Waals surface area (Å²) in [4.78, 5) is 36.8. The van der Waals surface area contributed by atoms with Crippen molar-refractivity contribution in [2.75, 3.05) is 24.5 Å². The van der Waals surface area contributed by atoms with Crippen LogP contribution in [-0.4, -0.2) is 52.1 Å². The number of carbonyl (C=O) groups excluding carboxylic acids is 2. The molecule has 0 unspecified atom stereocenters. The Morgan fingerprint density at radius 1 is 1.19 bits per heavy atom. The molecular formula is C20H28N4O3. The molecule has 1 aliphatic carbocycles. The zero-order chi connectivity index (χ0) is 18.9. The third-order valence-electron chi connectivity index (χ3n) is 6.28. The highest BCUT2D eigenvalue weighted by molar-refractivity contribution is 5.89. The minimum atomic E-state index is -0.336. The van der Waals surface area contributed by atoms with E-state index in [0.29, 0.717) is 18.3 Å². The molecule has 3 aliphatic rings. The van der Waals surface area contributed by atoms with Crippen LogP contribution in [0.1, 0.15) is 57.6 Å². The first kappa shape index (κ1) is 18.2. The number of hydrogen-bond donors (Lipinski definition) is 0. The van der Waals surface area contributed by atoms with Crippen LogP contribution in [0.3, 0.4) is 0 Å². The van der Waals surface area contributed by atoms with Gasteiger partial charge in [0.25, 0.3) is 0 Å². The van der Waals surface area contributed by atoms with Gasteiger partial charge >= 0.3 is 6.09 Å². The molecule has 0 bridgehead atoms. The van der Waals surface area contributed by atoms with Gasteiger partial charge in [-0.15, -0.1) is 0 Å². The molecule has 4 rings (SSSR count). The number of likely N-dealkylation sites (tertiary alicyclic amines) is 1. The van der Waals surface area contributed by atoms with Crippen LogP contribution in [0.5, 0.6) is 0 Å². The fourth-order valence-corrected chi connectivity index (χ4v) is 4.70. The van der Waals surface area contributed by atoms with Gasteiger partial charge in [-0.25, -0.2) is 9.78 Å². The highest BCUT2D eigenvalue weighted by atomic mass is 16.6. The second-order valence-corrected chi connectivity index (χ2v) is 8.18. The number of aromatic nitrogens is 2. The Labute approximate surface area is 160 Å². The first-order valence-electron chi connectivity index (χ1n) is 10.1. The third kappa shape index (κ3) is 3.77. The molecule has 2 saturated heterocycles. The number of amides is 2. The standard InChI is InChI=1S/C20H28N4O3/c1-15(25)23-11-5-16(6-12-23)13-17-18(22-10-9-21-17)24-14-20(27-19(24)26)7-3-2-4-8-20/h9-10,16H,2-8,11-14H2,1H3. The van der Waals surface area contributed by atoms with Crippen molar-refractivity contribution in [3.05, 3.63) is 18.1 Å². The fourth-order valence-electron chi connectivity index (χ4n) is 4.70. The number of nitrogens with zero attached hydrogens (tertiary/aromatic N) is 4. The third-order valence-corrected chi connectivity index (χ3v) is 6.28. The van der Waals surface area contributed by atoms with Gasteiger partial charge in [0.1, 0.15) is 5.60 Å². The second-order valence-electron chi connectivity index (χ2n) is 8.18. The van der Waals surface area contributed by atoms with E-state index in [0.717, 1.165) is 63.7 Å². The maximum absolute atomic E-state index is 12.6. The maximum Gasteiger partial charge on any atom is 0.416 e. The van der Waals surface area contributed by atoms with E-state index in [1.807, 2.05) is 4.90 Å². The van der Waals surface area contributed by atoms with Crippen molar-refractivity contribution < 1.29 is 14.3 Å². The van der Waals surface area contributed by atoms with Crippen molar-refractivity contribution in [1.82, 2.24) is 14.9 Å². The topological polar surface area (TPSA) is 75.6 Å². The maximum atomic E-state index is 12.6. The molecule has 0 N–H and O–H groups in total. The zero-order valence-electron chi connectivity index (χ0n) is 16.0. The van der Waals surface area contributed by atoms with Gasteiger partial charge in [0.2, 0.25) is 5.91 Å². The largest absolute Gasteiger partial charge is 0.441 e. The molecule has 3 heterocycles. The molecular weight excluding hydrogens is 344 g/mol. The van der Waals surface area contributed by atoms with E-state index in [9.17, 15) is 9.59 Å². The van der Waals surface area contributed by atoms with Crippen LogP contribution in [0, 0.1) is 5.92 Å². The molecule has 3 fully saturated rings. The molecule has 7 nitrogen and oxygen atoms in total. The molecule has 0 radical (unpaired) electrons. The van der Waals surface area contributed by atoms with Gasteiger partial charge < -0.3 is 9.64 Å². The predicted molar refractivity (Wildman–Crippen MR) is 100 cm³/mol. The summed E-state index contributed by atoms with van der Waals surface area (Å²) in [7, 11) is 0. The van der Waals surface area contributed by atoms with E-state index >= 15 is 0 Å². The summed E-state index contributed by atoms with van der Waals surface area (Å²) in [5.41, 5.74) is 0.528. The number of carbonyl (C=O) groups is 2. The highest BCUT2D eigenvalue weighted by Crippen LogP contribution is 2.39. The van der Waals surface area contributed by atoms with E-state index in [1.165, 1.54) is 6.42 Å². The molecule has 146 valence electrons. The van der Waals surface area contributed by atoms with Crippen molar-refractivity contribution in [3.63, 3.8) is 0 Å². The normalized spacial score (nSPS) is 22.9. The minimum Gasteiger partial charge on any atom is -0.441 e. The summed E-state index contributed by atoms with van der Waals surface area (Å²) < 4.78 is 5.82. The van der Waals surface area contributed by atoms with Crippen LogP contribution in [-0.2, 0) is 16.0 Å². The molecule has 0 atom stereocenters. The van der Waals surface area contributed by atoms with Crippen LogP contribution >= 0.6 is 0 Å². The smallest absolute Gasteiger partial charge is 0.416 e. The second kappa shape index (κ2) is 7.44. The van der Waals surface area contributed by atoms with E-state index in [4.69, 9.17) is 4.74 Å². The molecule has 1 aromatic rings. The molecule has 7 heteroatoms. The van der Waals surface area contributed by atoms with Crippen molar-refractivity contribution in [2.24, 2.45) is 5.92 Å². The molecule has 1 saturated carbocycles. The van der Waals surface area contributed by atoms with Crippen molar-refractivity contribution in [1.29, 1.82) is 0 Å². The van der Waals surface area contributed by atoms with Gasteiger partial charge in [0.05, 0.1) is 12.2 Å². The Balaban J connectivity index is 1.47. The van der Waals surface area contributed by atoms with Gasteiger partial charge in [-0.05, 0) is 50.9 Å². The summed E-state index contributed by atoms with van der Waals surface area (Å²) in [6.45, 7) is 3.80. The van der Waals surface area contributed by atoms with Gasteiger partial charge in [0, 0.05) is 32.4 Å². The van der Waals surface area contributed by atoms with Crippen LogP contribution < -0.4 is 4.90 Å². The van der Waals surface area contributed by atoms with Crippen LogP contribution in [0.15, 0.2) is 12.4 Å². The lowest BCUT2D eigenvalue weighted by Gasteiger charge is -2.32. The first-order valence-corrected chi connectivity index (χ1v) is 10.1. The quantitative estimate of drug-likeness (QED) is 0.815. The minimum absolute atomic E-state index is 0.145. The molecule has 2 aliphatic heterocycles. The Morgan fingerprint density at radius 2 is 1.89 bits per heavy atom. The van der Waals surface area contributed by atoms with Gasteiger partial charge in [-0.2, -0.15) is 0 Å². The van der Waals surface area contributed by atoms with Crippen LogP contribution in [0.2, 0.25) is 0 Å². The average molecular weight is 372 g/mol. The molecule has 1 aromatic heterocycles. The van der Waals surface area contributed by atoms with E-state index in [2.05, 4.69) is 9.97 Å². The lowest BCUT2D eigenvalue weighted by Crippen LogP contribution is -2.38. The summed E-state index contributed by atoms with van der Waals surface area (Å²) in [5.74, 6) is 1.25. The Hall–Kier alpha value is -2.18. The first-order chi connectivity index (χ1) is 13.1. The number of piperidine rings is 1. The van der Waals surface area contributed by atoms with Crippen molar-refractivity contribution >= 4 is 17.8 Å². The van der Waals surface area contributed by atoms with Crippen molar-refractivity contribution in [2.45, 2.75) is 63.9 Å². The lowest BCUT2D eigenvalue weighted by molar-refractivity contribution is -0.130.